The molecule has 0 unspecified atom stereocenters. The van der Waals surface area contributed by atoms with Crippen molar-refractivity contribution in [2.45, 2.75) is 58.0 Å². The molecule has 0 bridgehead atoms. The van der Waals surface area contributed by atoms with Crippen LogP contribution >= 0.6 is 0 Å². The summed E-state index contributed by atoms with van der Waals surface area (Å²) >= 11 is 0. The minimum atomic E-state index is 0.550. The van der Waals surface area contributed by atoms with Crippen LogP contribution in [-0.4, -0.2) is 37.3 Å². The van der Waals surface area contributed by atoms with Gasteiger partial charge in [0.05, 0.1) is 0 Å². The van der Waals surface area contributed by atoms with Crippen molar-refractivity contribution in [3.8, 4) is 0 Å². The highest BCUT2D eigenvalue weighted by Crippen LogP contribution is 2.20. The van der Waals surface area contributed by atoms with E-state index >= 15 is 0 Å². The van der Waals surface area contributed by atoms with Gasteiger partial charge in [-0.1, -0.05) is 12.8 Å². The van der Waals surface area contributed by atoms with Gasteiger partial charge >= 0.3 is 0 Å². The van der Waals surface area contributed by atoms with Crippen LogP contribution in [0.5, 0.6) is 0 Å². The molecule has 0 amide bonds. The second-order valence-corrected chi connectivity index (χ2v) is 7.04. The molecule has 2 saturated heterocycles. The van der Waals surface area contributed by atoms with Gasteiger partial charge in [-0.25, -0.2) is 4.98 Å². The molecule has 1 atom stereocenters. The van der Waals surface area contributed by atoms with Crippen LogP contribution in [0.3, 0.4) is 0 Å². The van der Waals surface area contributed by atoms with Crippen LogP contribution in [0.15, 0.2) is 18.3 Å². The van der Waals surface area contributed by atoms with Gasteiger partial charge < -0.3 is 15.0 Å². The van der Waals surface area contributed by atoms with Gasteiger partial charge in [0.25, 0.3) is 0 Å². The number of aromatic nitrogens is 1. The predicted molar refractivity (Wildman–Crippen MR) is 94.8 cm³/mol. The number of anilines is 1. The highest BCUT2D eigenvalue weighted by atomic mass is 16.5. The van der Waals surface area contributed by atoms with Crippen LogP contribution in [0.1, 0.15) is 51.0 Å². The Balaban J connectivity index is 1.54. The maximum atomic E-state index is 5.46. The number of pyridine rings is 1. The fourth-order valence-corrected chi connectivity index (χ4v) is 3.70. The number of ether oxygens (including phenoxy) is 1. The summed E-state index contributed by atoms with van der Waals surface area (Å²) in [7, 11) is 0. The maximum Gasteiger partial charge on any atom is 0.128 e. The Labute approximate surface area is 140 Å². The van der Waals surface area contributed by atoms with Gasteiger partial charge in [0.1, 0.15) is 5.82 Å². The Morgan fingerprint density at radius 3 is 2.70 bits per heavy atom. The molecular weight excluding hydrogens is 286 g/mol. The predicted octanol–water partition coefficient (Wildman–Crippen LogP) is 3.37. The maximum absolute atomic E-state index is 5.46. The van der Waals surface area contributed by atoms with E-state index in [-0.39, 0.29) is 0 Å². The van der Waals surface area contributed by atoms with Crippen LogP contribution in [0.2, 0.25) is 0 Å². The molecule has 0 radical (unpaired) electrons. The van der Waals surface area contributed by atoms with E-state index < -0.39 is 0 Å². The topological polar surface area (TPSA) is 37.4 Å². The minimum absolute atomic E-state index is 0.550. The number of hydrogen-bond acceptors (Lipinski definition) is 4. The van der Waals surface area contributed by atoms with Crippen molar-refractivity contribution < 1.29 is 4.74 Å². The zero-order valence-electron chi connectivity index (χ0n) is 14.5. The molecule has 3 heterocycles. The van der Waals surface area contributed by atoms with Gasteiger partial charge in [0.2, 0.25) is 0 Å². The molecule has 2 aliphatic heterocycles. The molecule has 1 aromatic rings. The Morgan fingerprint density at radius 2 is 1.96 bits per heavy atom. The zero-order valence-corrected chi connectivity index (χ0v) is 14.5. The van der Waals surface area contributed by atoms with Gasteiger partial charge in [-0.05, 0) is 56.2 Å². The number of nitrogens with zero attached hydrogens (tertiary/aromatic N) is 2. The Hall–Kier alpha value is -1.13. The number of nitrogens with one attached hydrogen (secondary N) is 1. The van der Waals surface area contributed by atoms with Crippen molar-refractivity contribution >= 4 is 5.82 Å². The first-order chi connectivity index (χ1) is 11.3. The molecule has 0 saturated carbocycles. The third-order valence-corrected chi connectivity index (χ3v) is 5.34. The van der Waals surface area contributed by atoms with Crippen molar-refractivity contribution in [1.82, 2.24) is 10.3 Å². The lowest BCUT2D eigenvalue weighted by Crippen LogP contribution is -2.36. The SMILES string of the molecule is C[C@@H](NCc1ccnc(N2CCCCCC2)c1)C1CCOCC1. The van der Waals surface area contributed by atoms with E-state index in [1.165, 1.54) is 44.1 Å². The Kier molecular flexibility index (Phi) is 6.29. The van der Waals surface area contributed by atoms with E-state index in [1.807, 2.05) is 6.20 Å². The van der Waals surface area contributed by atoms with Gasteiger partial charge in [-0.3, -0.25) is 0 Å². The van der Waals surface area contributed by atoms with Gasteiger partial charge in [0.15, 0.2) is 0 Å². The monoisotopic (exact) mass is 317 g/mol. The zero-order chi connectivity index (χ0) is 15.9. The van der Waals surface area contributed by atoms with E-state index in [4.69, 9.17) is 4.74 Å². The van der Waals surface area contributed by atoms with Crippen molar-refractivity contribution in [2.24, 2.45) is 5.92 Å². The van der Waals surface area contributed by atoms with Crippen molar-refractivity contribution in [1.29, 1.82) is 0 Å². The molecule has 0 spiro atoms. The molecule has 0 aliphatic carbocycles. The molecule has 1 aromatic heterocycles. The summed E-state index contributed by atoms with van der Waals surface area (Å²) in [4.78, 5) is 7.06. The van der Waals surface area contributed by atoms with Crippen LogP contribution in [0.25, 0.3) is 0 Å². The first-order valence-corrected chi connectivity index (χ1v) is 9.34. The molecular formula is C19H31N3O. The second kappa shape index (κ2) is 8.65. The number of rotatable bonds is 5. The summed E-state index contributed by atoms with van der Waals surface area (Å²) in [6.45, 7) is 7.40. The Morgan fingerprint density at radius 1 is 1.22 bits per heavy atom. The normalized spacial score (nSPS) is 21.9. The van der Waals surface area contributed by atoms with Crippen molar-refractivity contribution in [3.63, 3.8) is 0 Å². The summed E-state index contributed by atoms with van der Waals surface area (Å²) in [6.07, 6.45) is 9.65. The van der Waals surface area contributed by atoms with Gasteiger partial charge in [-0.15, -0.1) is 0 Å². The van der Waals surface area contributed by atoms with E-state index in [2.05, 4.69) is 34.3 Å². The fraction of sp³-hybridized carbons (Fsp3) is 0.737. The molecule has 4 heteroatoms. The van der Waals surface area contributed by atoms with E-state index in [9.17, 15) is 0 Å². The van der Waals surface area contributed by atoms with Crippen LogP contribution in [0, 0.1) is 5.92 Å². The smallest absolute Gasteiger partial charge is 0.128 e. The van der Waals surface area contributed by atoms with E-state index in [0.717, 1.165) is 44.6 Å². The van der Waals surface area contributed by atoms with Crippen LogP contribution in [-0.2, 0) is 11.3 Å². The highest BCUT2D eigenvalue weighted by molar-refractivity contribution is 5.41. The van der Waals surface area contributed by atoms with E-state index in [1.54, 1.807) is 0 Å². The largest absolute Gasteiger partial charge is 0.381 e. The summed E-state index contributed by atoms with van der Waals surface area (Å²) in [5.74, 6) is 1.90. The quantitative estimate of drug-likeness (QED) is 0.903. The van der Waals surface area contributed by atoms with Crippen LogP contribution in [0.4, 0.5) is 5.82 Å². The lowest BCUT2D eigenvalue weighted by Gasteiger charge is -2.28. The molecule has 4 nitrogen and oxygen atoms in total. The first-order valence-electron chi connectivity index (χ1n) is 9.34. The summed E-state index contributed by atoms with van der Waals surface area (Å²) in [5, 5.41) is 3.71. The van der Waals surface area contributed by atoms with Gasteiger partial charge in [-0.2, -0.15) is 0 Å². The molecule has 0 aromatic carbocycles. The lowest BCUT2D eigenvalue weighted by molar-refractivity contribution is 0.0558. The minimum Gasteiger partial charge on any atom is -0.381 e. The molecule has 1 N–H and O–H groups in total. The van der Waals surface area contributed by atoms with Gasteiger partial charge in [0, 0.05) is 45.1 Å². The summed E-state index contributed by atoms with van der Waals surface area (Å²) in [6, 6.07) is 4.97. The molecule has 3 rings (SSSR count). The standard InChI is InChI=1S/C19H31N3O/c1-16(18-7-12-23-13-8-18)21-15-17-6-9-20-19(14-17)22-10-4-2-3-5-11-22/h6,9,14,16,18,21H,2-5,7-8,10-13,15H2,1H3/t16-/m1/s1. The van der Waals surface area contributed by atoms with E-state index in [0.29, 0.717) is 6.04 Å². The lowest BCUT2D eigenvalue weighted by atomic mass is 9.93. The molecule has 23 heavy (non-hydrogen) atoms. The first kappa shape index (κ1) is 16.7. The van der Waals surface area contributed by atoms with Crippen molar-refractivity contribution in [3.05, 3.63) is 23.9 Å². The van der Waals surface area contributed by atoms with Crippen molar-refractivity contribution in [2.75, 3.05) is 31.2 Å². The highest BCUT2D eigenvalue weighted by Gasteiger charge is 2.20. The molecule has 2 fully saturated rings. The Bertz CT molecular complexity index is 465. The third-order valence-electron chi connectivity index (χ3n) is 5.34. The third kappa shape index (κ3) is 4.92. The fourth-order valence-electron chi connectivity index (χ4n) is 3.70. The van der Waals surface area contributed by atoms with Crippen LogP contribution < -0.4 is 10.2 Å². The second-order valence-electron chi connectivity index (χ2n) is 7.04. The average molecular weight is 317 g/mol. The summed E-state index contributed by atoms with van der Waals surface area (Å²) < 4.78 is 5.46. The molecule has 128 valence electrons. The summed E-state index contributed by atoms with van der Waals surface area (Å²) in [5.41, 5.74) is 1.35. The molecule has 2 aliphatic rings. The number of hydrogen-bond donors (Lipinski definition) is 1. The average Bonchev–Trinajstić information content (AvgIpc) is 2.90.